The lowest BCUT2D eigenvalue weighted by atomic mass is 10.1. The number of rotatable bonds is 11. The number of hydrogen-bond acceptors (Lipinski definition) is 9. The molecule has 0 bridgehead atoms. The van der Waals surface area contributed by atoms with Crippen molar-refractivity contribution in [1.29, 1.82) is 0 Å². The molecule has 0 atom stereocenters. The number of anilines is 4. The van der Waals surface area contributed by atoms with Crippen LogP contribution in [0.4, 0.5) is 27.4 Å². The molecule has 0 saturated carbocycles. The second kappa shape index (κ2) is 13.7. The summed E-state index contributed by atoms with van der Waals surface area (Å²) in [5.74, 6) is -0.238. The molecule has 5 aromatic rings. The average Bonchev–Trinajstić information content (AvgIpc) is 3.78. The van der Waals surface area contributed by atoms with Gasteiger partial charge in [-0.05, 0) is 55.4 Å². The minimum absolute atomic E-state index is 0.146. The van der Waals surface area contributed by atoms with Gasteiger partial charge >= 0.3 is 0 Å². The number of halogens is 1. The summed E-state index contributed by atoms with van der Waals surface area (Å²) in [5.41, 5.74) is 6.89. The minimum Gasteiger partial charge on any atom is -0.494 e. The SMILES string of the molecule is C=CC(=O)Nc1cc(Nc2ncc(F)c(-c3ccc(-n4cc(CN5CCC5)c(-c5ccoc5)c4)cc3)n2)c(OC)cc1N1CCOCC1. The van der Waals surface area contributed by atoms with Crippen LogP contribution in [0.3, 0.4) is 0 Å². The van der Waals surface area contributed by atoms with Crippen LogP contribution in [0.1, 0.15) is 12.0 Å². The number of benzene rings is 2. The lowest BCUT2D eigenvalue weighted by Gasteiger charge is -2.31. The molecule has 0 spiro atoms. The molecule has 5 heterocycles. The van der Waals surface area contributed by atoms with Crippen LogP contribution in [-0.2, 0) is 16.1 Å². The molecule has 12 heteroatoms. The monoisotopic (exact) mass is 649 g/mol. The first-order chi connectivity index (χ1) is 23.5. The Labute approximate surface area is 277 Å². The topological polar surface area (TPSA) is 110 Å². The predicted molar refractivity (Wildman–Crippen MR) is 182 cm³/mol. The molecule has 48 heavy (non-hydrogen) atoms. The number of nitrogens with one attached hydrogen (secondary N) is 2. The summed E-state index contributed by atoms with van der Waals surface area (Å²) in [5, 5.41) is 6.04. The van der Waals surface area contributed by atoms with Crippen LogP contribution in [0.15, 0.2) is 90.7 Å². The zero-order valence-electron chi connectivity index (χ0n) is 26.6. The fourth-order valence-electron chi connectivity index (χ4n) is 5.96. The Balaban J connectivity index is 1.16. The number of methoxy groups -OCH3 is 1. The predicted octanol–water partition coefficient (Wildman–Crippen LogP) is 6.25. The van der Waals surface area contributed by atoms with E-state index in [4.69, 9.17) is 13.9 Å². The van der Waals surface area contributed by atoms with E-state index in [1.54, 1.807) is 25.7 Å². The number of hydrogen-bond donors (Lipinski definition) is 2. The highest BCUT2D eigenvalue weighted by atomic mass is 19.1. The van der Waals surface area contributed by atoms with E-state index in [-0.39, 0.29) is 17.5 Å². The number of morpholine rings is 1. The molecule has 7 rings (SSSR count). The zero-order valence-corrected chi connectivity index (χ0v) is 26.6. The van der Waals surface area contributed by atoms with E-state index in [0.717, 1.165) is 48.3 Å². The van der Waals surface area contributed by atoms with Gasteiger partial charge in [-0.15, -0.1) is 0 Å². The van der Waals surface area contributed by atoms with E-state index in [1.165, 1.54) is 18.1 Å². The van der Waals surface area contributed by atoms with E-state index in [2.05, 4.69) is 53.9 Å². The van der Waals surface area contributed by atoms with Gasteiger partial charge in [0.1, 0.15) is 11.4 Å². The quantitative estimate of drug-likeness (QED) is 0.161. The molecule has 2 aliphatic heterocycles. The maximum absolute atomic E-state index is 15.2. The van der Waals surface area contributed by atoms with Crippen molar-refractivity contribution in [3.8, 4) is 33.8 Å². The van der Waals surface area contributed by atoms with Crippen LogP contribution >= 0.6 is 0 Å². The molecule has 2 N–H and O–H groups in total. The molecule has 1 amide bonds. The second-order valence-corrected chi connectivity index (χ2v) is 11.7. The Bertz CT molecular complexity index is 1910. The molecule has 2 saturated heterocycles. The summed E-state index contributed by atoms with van der Waals surface area (Å²) >= 11 is 0. The minimum atomic E-state index is -0.554. The van der Waals surface area contributed by atoms with Crippen LogP contribution in [0.25, 0.3) is 28.1 Å². The smallest absolute Gasteiger partial charge is 0.247 e. The van der Waals surface area contributed by atoms with Gasteiger partial charge in [-0.3, -0.25) is 9.69 Å². The van der Waals surface area contributed by atoms with E-state index >= 15 is 4.39 Å². The largest absolute Gasteiger partial charge is 0.494 e. The highest BCUT2D eigenvalue weighted by Gasteiger charge is 2.21. The first-order valence-corrected chi connectivity index (χ1v) is 15.8. The normalized spacial score (nSPS) is 14.8. The van der Waals surface area contributed by atoms with Crippen molar-refractivity contribution >= 4 is 28.9 Å². The van der Waals surface area contributed by atoms with Gasteiger partial charge in [-0.2, -0.15) is 0 Å². The Morgan fingerprint density at radius 1 is 1.06 bits per heavy atom. The summed E-state index contributed by atoms with van der Waals surface area (Å²) in [6.07, 6.45) is 11.3. The molecule has 0 aliphatic carbocycles. The highest BCUT2D eigenvalue weighted by molar-refractivity contribution is 6.02. The molecule has 2 fully saturated rings. The Morgan fingerprint density at radius 3 is 2.56 bits per heavy atom. The number of likely N-dealkylation sites (tertiary alicyclic amines) is 1. The van der Waals surface area contributed by atoms with Crippen molar-refractivity contribution in [1.82, 2.24) is 19.4 Å². The zero-order chi connectivity index (χ0) is 33.0. The van der Waals surface area contributed by atoms with Crippen LogP contribution in [0, 0.1) is 5.82 Å². The molecular weight excluding hydrogens is 613 g/mol. The van der Waals surface area contributed by atoms with Gasteiger partial charge in [0.25, 0.3) is 0 Å². The fourth-order valence-corrected chi connectivity index (χ4v) is 5.96. The van der Waals surface area contributed by atoms with Gasteiger partial charge in [0.2, 0.25) is 11.9 Å². The van der Waals surface area contributed by atoms with Crippen LogP contribution < -0.4 is 20.3 Å². The first kappa shape index (κ1) is 31.2. The first-order valence-electron chi connectivity index (χ1n) is 15.8. The van der Waals surface area contributed by atoms with Gasteiger partial charge < -0.3 is 34.0 Å². The molecule has 0 radical (unpaired) electrons. The number of amides is 1. The molecule has 2 aromatic carbocycles. The van der Waals surface area contributed by atoms with Crippen molar-refractivity contribution in [2.45, 2.75) is 13.0 Å². The molecule has 11 nitrogen and oxygen atoms in total. The number of nitrogens with zero attached hydrogens (tertiary/aromatic N) is 5. The number of carbonyl (C=O) groups excluding carboxylic acids is 1. The number of ether oxygens (including phenoxy) is 2. The molecule has 3 aromatic heterocycles. The third-order valence-electron chi connectivity index (χ3n) is 8.63. The Morgan fingerprint density at radius 2 is 1.88 bits per heavy atom. The molecule has 0 unspecified atom stereocenters. The maximum Gasteiger partial charge on any atom is 0.247 e. The number of furan rings is 1. The standard InChI is InChI=1S/C36H36FN7O4/c1-3-34(45)39-30-17-31(33(46-2)18-32(30)43-12-15-47-16-13-43)40-36-38-19-29(37)35(41-36)24-5-7-27(8-6-24)44-21-26(20-42-10-4-11-42)28(22-44)25-9-14-48-23-25/h3,5-9,14,17-19,21-23H,1,4,10-13,15-16,20H2,2H3,(H,39,45)(H,38,40,41). The summed E-state index contributed by atoms with van der Waals surface area (Å²) in [7, 11) is 1.56. The third kappa shape index (κ3) is 6.53. The molecular formula is C36H36FN7O4. The summed E-state index contributed by atoms with van der Waals surface area (Å²) in [6.45, 7) is 9.11. The molecule has 2 aliphatic rings. The van der Waals surface area contributed by atoms with E-state index in [9.17, 15) is 4.79 Å². The Hall–Kier alpha value is -5.46. The second-order valence-electron chi connectivity index (χ2n) is 11.7. The van der Waals surface area contributed by atoms with Gasteiger partial charge in [-0.25, -0.2) is 14.4 Å². The van der Waals surface area contributed by atoms with Crippen LogP contribution in [-0.4, -0.2) is 71.8 Å². The van der Waals surface area contributed by atoms with Crippen molar-refractivity contribution in [2.24, 2.45) is 0 Å². The van der Waals surface area contributed by atoms with E-state index in [1.807, 2.05) is 36.4 Å². The van der Waals surface area contributed by atoms with Gasteiger partial charge in [0.15, 0.2) is 5.82 Å². The van der Waals surface area contributed by atoms with Crippen LogP contribution in [0.5, 0.6) is 5.75 Å². The van der Waals surface area contributed by atoms with Crippen molar-refractivity contribution in [3.63, 3.8) is 0 Å². The van der Waals surface area contributed by atoms with Crippen molar-refractivity contribution < 1.29 is 23.1 Å². The number of carbonyl (C=O) groups is 1. The average molecular weight is 650 g/mol. The summed E-state index contributed by atoms with van der Waals surface area (Å²) in [4.78, 5) is 25.6. The van der Waals surface area contributed by atoms with E-state index < -0.39 is 5.82 Å². The van der Waals surface area contributed by atoms with Crippen LogP contribution in [0.2, 0.25) is 0 Å². The fraction of sp³-hybridized carbons (Fsp3) is 0.250. The summed E-state index contributed by atoms with van der Waals surface area (Å²) < 4.78 is 33.8. The van der Waals surface area contributed by atoms with Crippen molar-refractivity contribution in [3.05, 3.63) is 97.6 Å². The van der Waals surface area contributed by atoms with Gasteiger partial charge in [-0.1, -0.05) is 18.7 Å². The third-order valence-corrected chi connectivity index (χ3v) is 8.63. The Kier molecular flexibility index (Phi) is 8.91. The lowest BCUT2D eigenvalue weighted by Crippen LogP contribution is -2.36. The maximum atomic E-state index is 15.2. The summed E-state index contributed by atoms with van der Waals surface area (Å²) in [6, 6.07) is 13.1. The molecule has 246 valence electrons. The lowest BCUT2D eigenvalue weighted by molar-refractivity contribution is -0.111. The van der Waals surface area contributed by atoms with E-state index in [0.29, 0.717) is 49.0 Å². The van der Waals surface area contributed by atoms with Gasteiger partial charge in [0.05, 0.1) is 56.1 Å². The highest BCUT2D eigenvalue weighted by Crippen LogP contribution is 2.39. The van der Waals surface area contributed by atoms with Gasteiger partial charge in [0, 0.05) is 60.5 Å². The van der Waals surface area contributed by atoms with Crippen molar-refractivity contribution in [2.75, 3.05) is 62.0 Å². The number of aromatic nitrogens is 3.